The highest BCUT2D eigenvalue weighted by Gasteiger charge is 2.21. The van der Waals surface area contributed by atoms with Crippen LogP contribution in [0.15, 0.2) is 11.6 Å². The molecule has 3 heteroatoms. The molecule has 0 aliphatic carbocycles. The van der Waals surface area contributed by atoms with E-state index in [1.54, 1.807) is 11.3 Å². The third-order valence-corrected chi connectivity index (χ3v) is 3.66. The van der Waals surface area contributed by atoms with Gasteiger partial charge in [-0.05, 0) is 26.8 Å². The molecule has 15 heavy (non-hydrogen) atoms. The molecule has 0 aromatic carbocycles. The zero-order valence-corrected chi connectivity index (χ0v) is 10.9. The fraction of sp³-hybridized carbons (Fsp3) is 0.750. The van der Waals surface area contributed by atoms with E-state index in [9.17, 15) is 0 Å². The first-order chi connectivity index (χ1) is 7.17. The number of aromatic nitrogens is 1. The van der Waals surface area contributed by atoms with Crippen LogP contribution in [0.2, 0.25) is 0 Å². The minimum atomic E-state index is 0.0282. The van der Waals surface area contributed by atoms with Crippen molar-refractivity contribution in [2.24, 2.45) is 0 Å². The highest BCUT2D eigenvalue weighted by molar-refractivity contribution is 7.09. The van der Waals surface area contributed by atoms with Crippen molar-refractivity contribution in [2.75, 3.05) is 6.54 Å². The van der Waals surface area contributed by atoms with Crippen molar-refractivity contribution in [3.8, 4) is 0 Å². The summed E-state index contributed by atoms with van der Waals surface area (Å²) in [4.78, 5) is 4.36. The molecular weight excluding hydrogens is 204 g/mol. The Bertz CT molecular complexity index is 255. The van der Waals surface area contributed by atoms with Crippen molar-refractivity contribution in [2.45, 2.75) is 52.0 Å². The number of thiazole rings is 1. The van der Waals surface area contributed by atoms with Crippen LogP contribution < -0.4 is 5.32 Å². The predicted octanol–water partition coefficient (Wildman–Crippen LogP) is 3.55. The summed E-state index contributed by atoms with van der Waals surface area (Å²) >= 11 is 1.72. The van der Waals surface area contributed by atoms with E-state index >= 15 is 0 Å². The largest absolute Gasteiger partial charge is 0.306 e. The maximum atomic E-state index is 4.36. The summed E-state index contributed by atoms with van der Waals surface area (Å²) in [6, 6.07) is 0. The lowest BCUT2D eigenvalue weighted by molar-refractivity contribution is 0.394. The van der Waals surface area contributed by atoms with Crippen LogP contribution in [0.1, 0.15) is 51.5 Å². The molecule has 2 nitrogen and oxygen atoms in total. The first-order valence-electron chi connectivity index (χ1n) is 5.82. The summed E-state index contributed by atoms with van der Waals surface area (Å²) in [7, 11) is 0. The van der Waals surface area contributed by atoms with Crippen LogP contribution in [0, 0.1) is 0 Å². The van der Waals surface area contributed by atoms with Gasteiger partial charge < -0.3 is 5.32 Å². The van der Waals surface area contributed by atoms with Crippen molar-refractivity contribution in [1.29, 1.82) is 0 Å². The summed E-state index contributed by atoms with van der Waals surface area (Å²) in [5.74, 6) is 0. The molecule has 0 saturated heterocycles. The molecule has 0 aliphatic rings. The molecule has 1 N–H and O–H groups in total. The molecule has 1 heterocycles. The number of hydrogen-bond donors (Lipinski definition) is 1. The van der Waals surface area contributed by atoms with Gasteiger partial charge in [0.05, 0.1) is 5.54 Å². The summed E-state index contributed by atoms with van der Waals surface area (Å²) in [6.45, 7) is 7.73. The van der Waals surface area contributed by atoms with E-state index in [1.807, 2.05) is 11.6 Å². The molecule has 0 bridgehead atoms. The van der Waals surface area contributed by atoms with Gasteiger partial charge in [-0.15, -0.1) is 11.3 Å². The van der Waals surface area contributed by atoms with Crippen LogP contribution in [-0.4, -0.2) is 11.5 Å². The summed E-state index contributed by atoms with van der Waals surface area (Å²) in [5.41, 5.74) is 0.0282. The lowest BCUT2D eigenvalue weighted by Crippen LogP contribution is -2.37. The third kappa shape index (κ3) is 4.31. The van der Waals surface area contributed by atoms with Gasteiger partial charge in [0.15, 0.2) is 0 Å². The van der Waals surface area contributed by atoms with Crippen molar-refractivity contribution in [3.05, 3.63) is 16.6 Å². The van der Waals surface area contributed by atoms with E-state index in [0.717, 1.165) is 6.54 Å². The predicted molar refractivity (Wildman–Crippen MR) is 67.3 cm³/mol. The smallest absolute Gasteiger partial charge is 0.112 e. The second-order valence-corrected chi connectivity index (χ2v) is 5.34. The summed E-state index contributed by atoms with van der Waals surface area (Å²) < 4.78 is 0. The Morgan fingerprint density at radius 2 is 2.13 bits per heavy atom. The van der Waals surface area contributed by atoms with E-state index in [4.69, 9.17) is 0 Å². The fourth-order valence-corrected chi connectivity index (χ4v) is 2.30. The molecular formula is C12H22N2S. The van der Waals surface area contributed by atoms with Crippen LogP contribution in [0.5, 0.6) is 0 Å². The molecule has 1 aromatic heterocycles. The summed E-state index contributed by atoms with van der Waals surface area (Å²) in [5, 5.41) is 6.78. The maximum absolute atomic E-state index is 4.36. The monoisotopic (exact) mass is 226 g/mol. The van der Waals surface area contributed by atoms with E-state index in [1.165, 1.54) is 30.7 Å². The number of nitrogens with one attached hydrogen (secondary N) is 1. The highest BCUT2D eigenvalue weighted by Crippen LogP contribution is 2.21. The molecule has 86 valence electrons. The van der Waals surface area contributed by atoms with Crippen LogP contribution in [0.25, 0.3) is 0 Å². The second kappa shape index (κ2) is 6.23. The second-order valence-electron chi connectivity index (χ2n) is 4.45. The Morgan fingerprint density at radius 3 is 2.73 bits per heavy atom. The van der Waals surface area contributed by atoms with Gasteiger partial charge in [-0.1, -0.05) is 26.2 Å². The molecule has 1 rings (SSSR count). The maximum Gasteiger partial charge on any atom is 0.112 e. The molecule has 0 unspecified atom stereocenters. The Labute approximate surface area is 97.1 Å². The molecule has 0 radical (unpaired) electrons. The highest BCUT2D eigenvalue weighted by atomic mass is 32.1. The molecule has 0 fully saturated rings. The van der Waals surface area contributed by atoms with Gasteiger partial charge in [0.1, 0.15) is 5.01 Å². The molecule has 0 amide bonds. The molecule has 0 atom stereocenters. The van der Waals surface area contributed by atoms with Crippen molar-refractivity contribution >= 4 is 11.3 Å². The zero-order valence-electron chi connectivity index (χ0n) is 10.0. The van der Waals surface area contributed by atoms with Gasteiger partial charge in [0.2, 0.25) is 0 Å². The van der Waals surface area contributed by atoms with Crippen molar-refractivity contribution < 1.29 is 0 Å². The molecule has 0 aliphatic heterocycles. The number of hydrogen-bond acceptors (Lipinski definition) is 3. The van der Waals surface area contributed by atoms with Crippen LogP contribution in [0.4, 0.5) is 0 Å². The number of unbranched alkanes of at least 4 members (excludes halogenated alkanes) is 3. The first-order valence-corrected chi connectivity index (χ1v) is 6.70. The van der Waals surface area contributed by atoms with Gasteiger partial charge in [0.25, 0.3) is 0 Å². The normalized spacial score (nSPS) is 11.9. The standard InChI is InChI=1S/C12H22N2S/c1-4-5-6-7-8-14-12(2,3)11-13-9-10-15-11/h9-10,14H,4-8H2,1-3H3. The molecule has 1 aromatic rings. The minimum absolute atomic E-state index is 0.0282. The topological polar surface area (TPSA) is 24.9 Å². The lowest BCUT2D eigenvalue weighted by atomic mass is 10.1. The Morgan fingerprint density at radius 1 is 1.33 bits per heavy atom. The van der Waals surface area contributed by atoms with Gasteiger partial charge in [-0.2, -0.15) is 0 Å². The number of rotatable bonds is 7. The zero-order chi connectivity index (χ0) is 11.1. The Hall–Kier alpha value is -0.410. The Balaban J connectivity index is 2.25. The first kappa shape index (κ1) is 12.7. The van der Waals surface area contributed by atoms with Crippen LogP contribution in [0.3, 0.4) is 0 Å². The average Bonchev–Trinajstić information content (AvgIpc) is 2.70. The van der Waals surface area contributed by atoms with Crippen LogP contribution >= 0.6 is 11.3 Å². The van der Waals surface area contributed by atoms with Crippen molar-refractivity contribution in [1.82, 2.24) is 10.3 Å². The quantitative estimate of drug-likeness (QED) is 0.719. The van der Waals surface area contributed by atoms with E-state index in [0.29, 0.717) is 0 Å². The molecule has 0 saturated carbocycles. The average molecular weight is 226 g/mol. The lowest BCUT2D eigenvalue weighted by Gasteiger charge is -2.23. The summed E-state index contributed by atoms with van der Waals surface area (Å²) in [6.07, 6.45) is 7.12. The fourth-order valence-electron chi connectivity index (χ4n) is 1.56. The van der Waals surface area contributed by atoms with E-state index in [-0.39, 0.29) is 5.54 Å². The van der Waals surface area contributed by atoms with E-state index < -0.39 is 0 Å². The van der Waals surface area contributed by atoms with Gasteiger partial charge in [-0.25, -0.2) is 4.98 Å². The Kier molecular flexibility index (Phi) is 5.26. The third-order valence-electron chi connectivity index (χ3n) is 2.56. The van der Waals surface area contributed by atoms with Gasteiger partial charge in [0, 0.05) is 11.6 Å². The van der Waals surface area contributed by atoms with Gasteiger partial charge >= 0.3 is 0 Å². The minimum Gasteiger partial charge on any atom is -0.306 e. The SMILES string of the molecule is CCCCCCNC(C)(C)c1nccs1. The molecule has 0 spiro atoms. The van der Waals surface area contributed by atoms with Gasteiger partial charge in [-0.3, -0.25) is 0 Å². The number of nitrogens with zero attached hydrogens (tertiary/aromatic N) is 1. The van der Waals surface area contributed by atoms with Crippen molar-refractivity contribution in [3.63, 3.8) is 0 Å². The van der Waals surface area contributed by atoms with E-state index in [2.05, 4.69) is 31.1 Å². The van der Waals surface area contributed by atoms with Crippen LogP contribution in [-0.2, 0) is 5.54 Å².